The number of carbonyl (C=O) groups excluding carboxylic acids is 2. The summed E-state index contributed by atoms with van der Waals surface area (Å²) in [5.41, 5.74) is 4.70. The average Bonchev–Trinajstić information content (AvgIpc) is 3.48. The fourth-order valence-electron chi connectivity index (χ4n) is 5.41. The number of para-hydroxylation sites is 1. The smallest absolute Gasteiger partial charge is 0.294 e. The summed E-state index contributed by atoms with van der Waals surface area (Å²) in [6.07, 6.45) is 0. The highest BCUT2D eigenvalue weighted by molar-refractivity contribution is 6.20. The van der Waals surface area contributed by atoms with E-state index in [2.05, 4.69) is 18.7 Å². The third-order valence-electron chi connectivity index (χ3n) is 7.23. The molecule has 3 aromatic carbocycles. The van der Waals surface area contributed by atoms with E-state index in [1.807, 2.05) is 68.4 Å². The highest BCUT2D eigenvalue weighted by Crippen LogP contribution is 2.43. The van der Waals surface area contributed by atoms with Crippen molar-refractivity contribution in [2.75, 3.05) is 30.0 Å². The SMILES string of the molecule is CCN(CC)c1ccc(C2C(C(=O)c3cc4cccc(OC)c4o3)=C(O)C(=O)N2c2cc(C)cc(C)c2)cc1. The summed E-state index contributed by atoms with van der Waals surface area (Å²) in [7, 11) is 1.53. The van der Waals surface area contributed by atoms with Crippen molar-refractivity contribution >= 4 is 34.0 Å². The van der Waals surface area contributed by atoms with Crippen molar-refractivity contribution in [2.45, 2.75) is 33.7 Å². The maximum absolute atomic E-state index is 14.0. The second-order valence-electron chi connectivity index (χ2n) is 9.77. The van der Waals surface area contributed by atoms with Crippen LogP contribution in [0.3, 0.4) is 0 Å². The van der Waals surface area contributed by atoms with Crippen molar-refractivity contribution in [3.8, 4) is 5.75 Å². The number of aliphatic hydroxyl groups excluding tert-OH is 1. The van der Waals surface area contributed by atoms with Gasteiger partial charge in [-0.05, 0) is 80.8 Å². The fraction of sp³-hybridized carbons (Fsp3) is 0.250. The lowest BCUT2D eigenvalue weighted by Gasteiger charge is -2.28. The number of ether oxygens (including phenoxy) is 1. The minimum Gasteiger partial charge on any atom is -0.503 e. The molecule has 1 aliphatic heterocycles. The molecule has 1 amide bonds. The Kier molecular flexibility index (Phi) is 6.91. The molecule has 1 atom stereocenters. The van der Waals surface area contributed by atoms with E-state index in [-0.39, 0.29) is 11.3 Å². The molecule has 39 heavy (non-hydrogen) atoms. The molecule has 4 aromatic rings. The number of aryl methyl sites for hydroxylation is 2. The van der Waals surface area contributed by atoms with Crippen molar-refractivity contribution < 1.29 is 23.8 Å². The molecule has 0 radical (unpaired) electrons. The minimum absolute atomic E-state index is 0.0206. The molecular formula is C32H32N2O5. The van der Waals surface area contributed by atoms with Crippen LogP contribution in [0.4, 0.5) is 11.4 Å². The summed E-state index contributed by atoms with van der Waals surface area (Å²) in [6, 6.07) is 19.7. The van der Waals surface area contributed by atoms with Gasteiger partial charge in [0.25, 0.3) is 5.91 Å². The van der Waals surface area contributed by atoms with Gasteiger partial charge < -0.3 is 19.2 Å². The van der Waals surface area contributed by atoms with E-state index in [1.165, 1.54) is 12.0 Å². The predicted octanol–water partition coefficient (Wildman–Crippen LogP) is 6.69. The normalized spacial score (nSPS) is 15.4. The van der Waals surface area contributed by atoms with Crippen LogP contribution < -0.4 is 14.5 Å². The van der Waals surface area contributed by atoms with E-state index in [9.17, 15) is 14.7 Å². The first-order chi connectivity index (χ1) is 18.8. The third kappa shape index (κ3) is 4.54. The Morgan fingerprint density at radius 1 is 1.00 bits per heavy atom. The van der Waals surface area contributed by atoms with Gasteiger partial charge in [-0.3, -0.25) is 14.5 Å². The summed E-state index contributed by atoms with van der Waals surface area (Å²) in [5.74, 6) is -1.24. The molecule has 1 aliphatic rings. The number of Topliss-reactive ketones (excluding diaryl/α,β-unsaturated/α-hetero) is 1. The Bertz CT molecular complexity index is 1570. The van der Waals surface area contributed by atoms with Gasteiger partial charge in [0.2, 0.25) is 5.78 Å². The van der Waals surface area contributed by atoms with Gasteiger partial charge in [-0.25, -0.2) is 0 Å². The van der Waals surface area contributed by atoms with Gasteiger partial charge in [0.05, 0.1) is 18.7 Å². The van der Waals surface area contributed by atoms with Crippen LogP contribution in [0.15, 0.2) is 82.5 Å². The van der Waals surface area contributed by atoms with Crippen molar-refractivity contribution in [2.24, 2.45) is 0 Å². The molecule has 1 aromatic heterocycles. The average molecular weight is 525 g/mol. The zero-order chi connectivity index (χ0) is 27.8. The molecule has 200 valence electrons. The maximum Gasteiger partial charge on any atom is 0.294 e. The van der Waals surface area contributed by atoms with Crippen molar-refractivity contribution in [3.63, 3.8) is 0 Å². The number of hydrogen-bond acceptors (Lipinski definition) is 6. The number of benzene rings is 3. The van der Waals surface area contributed by atoms with Gasteiger partial charge in [-0.2, -0.15) is 0 Å². The minimum atomic E-state index is -0.841. The van der Waals surface area contributed by atoms with Crippen molar-refractivity contribution in [1.82, 2.24) is 0 Å². The van der Waals surface area contributed by atoms with E-state index in [1.54, 1.807) is 12.1 Å². The zero-order valence-corrected chi connectivity index (χ0v) is 22.8. The number of carbonyl (C=O) groups is 2. The number of anilines is 2. The van der Waals surface area contributed by atoms with Crippen LogP contribution in [-0.4, -0.2) is 37.0 Å². The predicted molar refractivity (Wildman–Crippen MR) is 153 cm³/mol. The number of methoxy groups -OCH3 is 1. The van der Waals surface area contributed by atoms with Gasteiger partial charge in [-0.15, -0.1) is 0 Å². The first-order valence-electron chi connectivity index (χ1n) is 13.1. The second kappa shape index (κ2) is 10.3. The summed E-state index contributed by atoms with van der Waals surface area (Å²) >= 11 is 0. The highest BCUT2D eigenvalue weighted by Gasteiger charge is 2.45. The Labute approximate surface area is 227 Å². The second-order valence-corrected chi connectivity index (χ2v) is 9.77. The molecule has 0 saturated carbocycles. The Balaban J connectivity index is 1.65. The Hall–Kier alpha value is -4.52. The molecule has 2 heterocycles. The fourth-order valence-corrected chi connectivity index (χ4v) is 5.41. The van der Waals surface area contributed by atoms with Gasteiger partial charge in [0.1, 0.15) is 0 Å². The zero-order valence-electron chi connectivity index (χ0n) is 22.8. The van der Waals surface area contributed by atoms with Crippen LogP contribution in [0, 0.1) is 13.8 Å². The maximum atomic E-state index is 14.0. The number of hydrogen-bond donors (Lipinski definition) is 1. The lowest BCUT2D eigenvalue weighted by Crippen LogP contribution is -2.31. The van der Waals surface area contributed by atoms with Crippen LogP contribution in [0.1, 0.15) is 47.1 Å². The number of furan rings is 1. The first-order valence-corrected chi connectivity index (χ1v) is 13.1. The molecule has 0 bridgehead atoms. The quantitative estimate of drug-likeness (QED) is 0.259. The van der Waals surface area contributed by atoms with Crippen LogP contribution in [0.25, 0.3) is 11.0 Å². The highest BCUT2D eigenvalue weighted by atomic mass is 16.5. The van der Waals surface area contributed by atoms with E-state index < -0.39 is 23.5 Å². The lowest BCUT2D eigenvalue weighted by atomic mass is 9.94. The number of aliphatic hydroxyl groups is 1. The summed E-state index contributed by atoms with van der Waals surface area (Å²) in [5, 5.41) is 11.9. The summed E-state index contributed by atoms with van der Waals surface area (Å²) in [6.45, 7) is 9.79. The number of rotatable bonds is 8. The lowest BCUT2D eigenvalue weighted by molar-refractivity contribution is -0.117. The molecule has 7 nitrogen and oxygen atoms in total. The van der Waals surface area contributed by atoms with Crippen LogP contribution in [-0.2, 0) is 4.79 Å². The van der Waals surface area contributed by atoms with E-state index in [0.29, 0.717) is 28.0 Å². The monoisotopic (exact) mass is 524 g/mol. The standard InChI is InChI=1S/C32H32N2O5/c1-6-33(7-2)23-13-11-21(12-14-23)28-27(29(35)26-18-22-9-8-10-25(38-5)31(22)39-26)30(36)32(37)34(28)24-16-19(3)15-20(4)17-24/h8-18,28,36H,6-7H2,1-5H3. The summed E-state index contributed by atoms with van der Waals surface area (Å²) < 4.78 is 11.3. The van der Waals surface area contributed by atoms with Gasteiger partial charge >= 0.3 is 0 Å². The Morgan fingerprint density at radius 2 is 1.67 bits per heavy atom. The molecule has 5 rings (SSSR count). The molecule has 7 heteroatoms. The molecule has 0 spiro atoms. The first kappa shape index (κ1) is 26.1. The molecular weight excluding hydrogens is 492 g/mol. The van der Waals surface area contributed by atoms with Crippen molar-refractivity contribution in [1.29, 1.82) is 0 Å². The molecule has 1 unspecified atom stereocenters. The molecule has 0 saturated heterocycles. The van der Waals surface area contributed by atoms with E-state index >= 15 is 0 Å². The number of amides is 1. The largest absolute Gasteiger partial charge is 0.503 e. The van der Waals surface area contributed by atoms with Crippen molar-refractivity contribution in [3.05, 3.63) is 101 Å². The van der Waals surface area contributed by atoms with E-state index in [0.717, 1.165) is 29.9 Å². The van der Waals surface area contributed by atoms with Gasteiger partial charge in [0.15, 0.2) is 22.9 Å². The Morgan fingerprint density at radius 3 is 2.28 bits per heavy atom. The van der Waals surface area contributed by atoms with Gasteiger partial charge in [-0.1, -0.05) is 30.3 Å². The number of fused-ring (bicyclic) bond motifs is 1. The number of ketones is 1. The van der Waals surface area contributed by atoms with Crippen LogP contribution >= 0.6 is 0 Å². The van der Waals surface area contributed by atoms with Gasteiger partial charge in [0, 0.05) is 29.9 Å². The van der Waals surface area contributed by atoms with E-state index in [4.69, 9.17) is 9.15 Å². The molecule has 1 N–H and O–H groups in total. The van der Waals surface area contributed by atoms with Crippen LogP contribution in [0.5, 0.6) is 5.75 Å². The summed E-state index contributed by atoms with van der Waals surface area (Å²) in [4.78, 5) is 31.3. The molecule has 0 aliphatic carbocycles. The van der Waals surface area contributed by atoms with Crippen LogP contribution in [0.2, 0.25) is 0 Å². The topological polar surface area (TPSA) is 83.2 Å². The number of nitrogens with zero attached hydrogens (tertiary/aromatic N) is 2. The third-order valence-corrected chi connectivity index (χ3v) is 7.23. The molecule has 0 fully saturated rings.